The minimum Gasteiger partial charge on any atom is -0.444 e. The standard InChI is InChI=1S/C17H23N3O3/c1-5-17(4,10-21)20-16(22)19-13-7-6-11(2)14(8-13)15-18-12(3)9-23-15/h6-9,21H,5,10H2,1-4H3,(H2,19,20,22). The van der Waals surface area contributed by atoms with E-state index in [1.54, 1.807) is 13.2 Å². The van der Waals surface area contributed by atoms with Crippen LogP contribution in [-0.4, -0.2) is 28.3 Å². The van der Waals surface area contributed by atoms with Gasteiger partial charge in [-0.05, 0) is 44.9 Å². The van der Waals surface area contributed by atoms with Gasteiger partial charge in [0, 0.05) is 11.3 Å². The first-order valence-corrected chi connectivity index (χ1v) is 7.60. The number of hydrogen-bond acceptors (Lipinski definition) is 4. The van der Waals surface area contributed by atoms with E-state index in [1.165, 1.54) is 0 Å². The van der Waals surface area contributed by atoms with E-state index < -0.39 is 5.54 Å². The van der Waals surface area contributed by atoms with Crippen LogP contribution in [0.3, 0.4) is 0 Å². The highest BCUT2D eigenvalue weighted by molar-refractivity contribution is 5.90. The Morgan fingerprint density at radius 3 is 2.70 bits per heavy atom. The number of nitrogens with zero attached hydrogens (tertiary/aromatic N) is 1. The quantitative estimate of drug-likeness (QED) is 0.790. The van der Waals surface area contributed by atoms with E-state index in [4.69, 9.17) is 4.42 Å². The molecule has 1 unspecified atom stereocenters. The lowest BCUT2D eigenvalue weighted by Gasteiger charge is -2.27. The molecule has 0 saturated heterocycles. The van der Waals surface area contributed by atoms with Crippen LogP contribution >= 0.6 is 0 Å². The Bertz CT molecular complexity index is 690. The number of carbonyl (C=O) groups is 1. The fourth-order valence-electron chi connectivity index (χ4n) is 2.08. The summed E-state index contributed by atoms with van der Waals surface area (Å²) in [5, 5.41) is 14.9. The first-order valence-electron chi connectivity index (χ1n) is 7.60. The lowest BCUT2D eigenvalue weighted by atomic mass is 10.0. The summed E-state index contributed by atoms with van der Waals surface area (Å²) >= 11 is 0. The van der Waals surface area contributed by atoms with Gasteiger partial charge in [-0.25, -0.2) is 9.78 Å². The van der Waals surface area contributed by atoms with Gasteiger partial charge in [-0.15, -0.1) is 0 Å². The fourth-order valence-corrected chi connectivity index (χ4v) is 2.08. The van der Waals surface area contributed by atoms with Gasteiger partial charge in [0.25, 0.3) is 0 Å². The van der Waals surface area contributed by atoms with Crippen LogP contribution in [0.4, 0.5) is 10.5 Å². The minimum absolute atomic E-state index is 0.119. The summed E-state index contributed by atoms with van der Waals surface area (Å²) in [4.78, 5) is 16.4. The Balaban J connectivity index is 2.17. The van der Waals surface area contributed by atoms with Crippen LogP contribution in [0.15, 0.2) is 28.9 Å². The molecule has 1 aromatic carbocycles. The lowest BCUT2D eigenvalue weighted by molar-refractivity contribution is 0.172. The molecule has 23 heavy (non-hydrogen) atoms. The third-order valence-electron chi connectivity index (χ3n) is 3.89. The molecule has 1 atom stereocenters. The smallest absolute Gasteiger partial charge is 0.319 e. The van der Waals surface area contributed by atoms with Crippen molar-refractivity contribution in [2.45, 2.75) is 39.7 Å². The molecule has 0 aliphatic heterocycles. The minimum atomic E-state index is -0.642. The zero-order chi connectivity index (χ0) is 17.0. The summed E-state index contributed by atoms with van der Waals surface area (Å²) < 4.78 is 5.43. The zero-order valence-electron chi connectivity index (χ0n) is 13.9. The summed E-state index contributed by atoms with van der Waals surface area (Å²) in [7, 11) is 0. The normalized spacial score (nSPS) is 13.4. The molecule has 0 saturated carbocycles. The van der Waals surface area contributed by atoms with Crippen molar-refractivity contribution in [2.24, 2.45) is 0 Å². The lowest BCUT2D eigenvalue weighted by Crippen LogP contribution is -2.50. The highest BCUT2D eigenvalue weighted by Crippen LogP contribution is 2.26. The second-order valence-electron chi connectivity index (χ2n) is 5.98. The summed E-state index contributed by atoms with van der Waals surface area (Å²) in [6, 6.07) is 5.18. The van der Waals surface area contributed by atoms with E-state index in [2.05, 4.69) is 15.6 Å². The van der Waals surface area contributed by atoms with Gasteiger partial charge in [0.2, 0.25) is 5.89 Å². The molecule has 124 valence electrons. The Hall–Kier alpha value is -2.34. The maximum atomic E-state index is 12.1. The van der Waals surface area contributed by atoms with Crippen molar-refractivity contribution < 1.29 is 14.3 Å². The van der Waals surface area contributed by atoms with Crippen LogP contribution in [0, 0.1) is 13.8 Å². The molecule has 0 spiro atoms. The number of benzene rings is 1. The number of amides is 2. The van der Waals surface area contributed by atoms with Crippen molar-refractivity contribution >= 4 is 11.7 Å². The number of oxazole rings is 1. The average molecular weight is 317 g/mol. The van der Waals surface area contributed by atoms with Gasteiger partial charge in [-0.2, -0.15) is 0 Å². The second-order valence-corrected chi connectivity index (χ2v) is 5.98. The SMILES string of the molecule is CCC(C)(CO)NC(=O)Nc1ccc(C)c(-c2nc(C)co2)c1. The van der Waals surface area contributed by atoms with Gasteiger partial charge < -0.3 is 20.2 Å². The van der Waals surface area contributed by atoms with Crippen LogP contribution in [-0.2, 0) is 0 Å². The Labute approximate surface area is 135 Å². The van der Waals surface area contributed by atoms with E-state index in [1.807, 2.05) is 39.0 Å². The van der Waals surface area contributed by atoms with Gasteiger partial charge >= 0.3 is 6.03 Å². The molecule has 6 heteroatoms. The largest absolute Gasteiger partial charge is 0.444 e. The molecule has 2 amide bonds. The van der Waals surface area contributed by atoms with Crippen molar-refractivity contribution in [2.75, 3.05) is 11.9 Å². The first-order chi connectivity index (χ1) is 10.9. The number of nitrogens with one attached hydrogen (secondary N) is 2. The third kappa shape index (κ3) is 4.10. The predicted octanol–water partition coefficient (Wildman–Crippen LogP) is 3.24. The fraction of sp³-hybridized carbons (Fsp3) is 0.412. The molecule has 0 radical (unpaired) electrons. The summed E-state index contributed by atoms with van der Waals surface area (Å²) in [5.41, 5.74) is 2.63. The second kappa shape index (κ2) is 6.83. The topological polar surface area (TPSA) is 87.4 Å². The van der Waals surface area contributed by atoms with Crippen molar-refractivity contribution in [3.05, 3.63) is 35.7 Å². The van der Waals surface area contributed by atoms with E-state index in [0.717, 1.165) is 16.8 Å². The third-order valence-corrected chi connectivity index (χ3v) is 3.89. The summed E-state index contributed by atoms with van der Waals surface area (Å²) in [5.74, 6) is 0.526. The molecule has 0 aliphatic rings. The first kappa shape index (κ1) is 17.0. The van der Waals surface area contributed by atoms with Crippen LogP contribution < -0.4 is 10.6 Å². The number of aryl methyl sites for hydroxylation is 2. The van der Waals surface area contributed by atoms with Crippen LogP contribution in [0.1, 0.15) is 31.5 Å². The molecule has 1 heterocycles. The zero-order valence-corrected chi connectivity index (χ0v) is 13.9. The predicted molar refractivity (Wildman–Crippen MR) is 89.3 cm³/mol. The summed E-state index contributed by atoms with van der Waals surface area (Å²) in [6.45, 7) is 7.40. The number of aliphatic hydroxyl groups excluding tert-OH is 1. The molecule has 0 fully saturated rings. The molecule has 0 bridgehead atoms. The Morgan fingerprint density at radius 2 is 2.13 bits per heavy atom. The van der Waals surface area contributed by atoms with E-state index in [0.29, 0.717) is 18.0 Å². The highest BCUT2D eigenvalue weighted by Gasteiger charge is 2.23. The van der Waals surface area contributed by atoms with Crippen LogP contribution in [0.25, 0.3) is 11.5 Å². The highest BCUT2D eigenvalue weighted by atomic mass is 16.3. The maximum Gasteiger partial charge on any atom is 0.319 e. The molecule has 0 aliphatic carbocycles. The summed E-state index contributed by atoms with van der Waals surface area (Å²) in [6.07, 6.45) is 2.22. The molecule has 2 rings (SSSR count). The molecule has 1 aromatic heterocycles. The number of rotatable bonds is 5. The van der Waals surface area contributed by atoms with Crippen LogP contribution in [0.2, 0.25) is 0 Å². The number of aromatic nitrogens is 1. The van der Waals surface area contributed by atoms with Crippen molar-refractivity contribution in [3.63, 3.8) is 0 Å². The van der Waals surface area contributed by atoms with Crippen molar-refractivity contribution in [1.82, 2.24) is 10.3 Å². The molecule has 3 N–H and O–H groups in total. The maximum absolute atomic E-state index is 12.1. The number of aliphatic hydroxyl groups is 1. The van der Waals surface area contributed by atoms with E-state index >= 15 is 0 Å². The molecule has 2 aromatic rings. The van der Waals surface area contributed by atoms with Crippen molar-refractivity contribution in [1.29, 1.82) is 0 Å². The average Bonchev–Trinajstić information content (AvgIpc) is 2.95. The van der Waals surface area contributed by atoms with Gasteiger partial charge in [0.05, 0.1) is 17.8 Å². The van der Waals surface area contributed by atoms with Gasteiger partial charge in [0.15, 0.2) is 0 Å². The van der Waals surface area contributed by atoms with E-state index in [9.17, 15) is 9.90 Å². The van der Waals surface area contributed by atoms with Crippen LogP contribution in [0.5, 0.6) is 0 Å². The van der Waals surface area contributed by atoms with Gasteiger partial charge in [-0.3, -0.25) is 0 Å². The monoisotopic (exact) mass is 317 g/mol. The number of hydrogen-bond donors (Lipinski definition) is 3. The van der Waals surface area contributed by atoms with Gasteiger partial charge in [-0.1, -0.05) is 13.0 Å². The molecular weight excluding hydrogens is 294 g/mol. The van der Waals surface area contributed by atoms with Gasteiger partial charge in [0.1, 0.15) is 6.26 Å². The molecular formula is C17H23N3O3. The number of anilines is 1. The Kier molecular flexibility index (Phi) is 5.05. The van der Waals surface area contributed by atoms with Crippen molar-refractivity contribution in [3.8, 4) is 11.5 Å². The Morgan fingerprint density at radius 1 is 1.39 bits per heavy atom. The van der Waals surface area contributed by atoms with E-state index in [-0.39, 0.29) is 12.6 Å². The number of carbonyl (C=O) groups excluding carboxylic acids is 1. The molecule has 6 nitrogen and oxygen atoms in total. The number of urea groups is 1.